The van der Waals surface area contributed by atoms with Crippen LogP contribution in [0.5, 0.6) is 0 Å². The van der Waals surface area contributed by atoms with Gasteiger partial charge in [-0.2, -0.15) is 13.2 Å². The number of sulfonamides is 1. The lowest BCUT2D eigenvalue weighted by atomic mass is 10.1. The molecule has 0 saturated heterocycles. The molecule has 2 aliphatic rings. The predicted octanol–water partition coefficient (Wildman–Crippen LogP) is 4.39. The van der Waals surface area contributed by atoms with Gasteiger partial charge in [0.25, 0.3) is 21.8 Å². The quantitative estimate of drug-likeness (QED) is 0.582. The van der Waals surface area contributed by atoms with Crippen LogP contribution in [0, 0.1) is 0 Å². The van der Waals surface area contributed by atoms with Gasteiger partial charge < -0.3 is 0 Å². The number of nitrogens with one attached hydrogen (secondary N) is 1. The number of anilines is 1. The number of rotatable bonds is 4. The van der Waals surface area contributed by atoms with E-state index in [1.165, 1.54) is 29.6 Å². The van der Waals surface area contributed by atoms with Gasteiger partial charge in [0.1, 0.15) is 4.90 Å². The Morgan fingerprint density at radius 1 is 1.15 bits per heavy atom. The summed E-state index contributed by atoms with van der Waals surface area (Å²) < 4.78 is 65.2. The predicted molar refractivity (Wildman–Crippen MR) is 113 cm³/mol. The van der Waals surface area contributed by atoms with E-state index in [4.69, 9.17) is 0 Å². The molecule has 2 amide bonds. The zero-order valence-corrected chi connectivity index (χ0v) is 18.2. The minimum Gasteiger partial charge on any atom is -0.298 e. The van der Waals surface area contributed by atoms with Crippen LogP contribution in [0.15, 0.2) is 52.7 Å². The molecule has 2 aromatic carbocycles. The van der Waals surface area contributed by atoms with Crippen molar-refractivity contribution in [3.05, 3.63) is 64.5 Å². The summed E-state index contributed by atoms with van der Waals surface area (Å²) in [5.41, 5.74) is -0.279. The first-order chi connectivity index (χ1) is 15.6. The first kappa shape index (κ1) is 21.6. The largest absolute Gasteiger partial charge is 0.416 e. The van der Waals surface area contributed by atoms with E-state index in [-0.39, 0.29) is 38.5 Å². The van der Waals surface area contributed by atoms with E-state index in [1.807, 2.05) is 0 Å². The summed E-state index contributed by atoms with van der Waals surface area (Å²) in [4.78, 5) is 29.1. The Bertz CT molecular complexity index is 1410. The molecule has 1 aliphatic carbocycles. The number of carbonyl (C=O) groups is 2. The Balaban J connectivity index is 1.38. The Morgan fingerprint density at radius 3 is 2.61 bits per heavy atom. The van der Waals surface area contributed by atoms with Gasteiger partial charge in [-0.05, 0) is 43.2 Å². The van der Waals surface area contributed by atoms with Gasteiger partial charge >= 0.3 is 6.18 Å². The summed E-state index contributed by atoms with van der Waals surface area (Å²) >= 11 is 1.01. The van der Waals surface area contributed by atoms with Crippen LogP contribution in [0.3, 0.4) is 0 Å². The molecule has 7 nitrogen and oxygen atoms in total. The van der Waals surface area contributed by atoms with E-state index in [0.717, 1.165) is 33.8 Å². The highest BCUT2D eigenvalue weighted by atomic mass is 32.2. The first-order valence-electron chi connectivity index (χ1n) is 9.73. The molecule has 0 bridgehead atoms. The Morgan fingerprint density at radius 2 is 1.91 bits per heavy atom. The lowest BCUT2D eigenvalue weighted by Gasteiger charge is -2.13. The van der Waals surface area contributed by atoms with Crippen LogP contribution in [0.4, 0.5) is 18.3 Å². The molecule has 0 spiro atoms. The number of nitrogens with zero attached hydrogens (tertiary/aromatic N) is 2. The standard InChI is InChI=1S/C21H14F3N3O4S2/c22-21(23,24)13-3-1-2-11(8-13)16-10-32-20(25-16)26-18(28)12-4-7-15-17(9-12)33(30,31)27(19(15)29)14-5-6-14/h1-4,7-10,14H,5-6H2,(H,25,26,28). The third-order valence-electron chi connectivity index (χ3n) is 5.30. The average molecular weight is 493 g/mol. The minimum atomic E-state index is -4.49. The van der Waals surface area contributed by atoms with Gasteiger partial charge in [0.05, 0.1) is 16.8 Å². The number of amides is 2. The molecular weight excluding hydrogens is 479 g/mol. The first-order valence-corrected chi connectivity index (χ1v) is 12.0. The van der Waals surface area contributed by atoms with Crippen LogP contribution in [0.2, 0.25) is 0 Å². The number of benzene rings is 2. The molecule has 1 saturated carbocycles. The second-order valence-electron chi connectivity index (χ2n) is 7.62. The monoisotopic (exact) mass is 493 g/mol. The molecule has 33 heavy (non-hydrogen) atoms. The Labute approximate surface area is 189 Å². The van der Waals surface area contributed by atoms with Gasteiger partial charge in [0.2, 0.25) is 0 Å². The van der Waals surface area contributed by atoms with Crippen molar-refractivity contribution in [3.63, 3.8) is 0 Å². The lowest BCUT2D eigenvalue weighted by Crippen LogP contribution is -2.31. The number of thiazole rings is 1. The number of halogens is 3. The van der Waals surface area contributed by atoms with E-state index in [0.29, 0.717) is 12.8 Å². The van der Waals surface area contributed by atoms with Crippen molar-refractivity contribution in [2.45, 2.75) is 30.0 Å². The maximum atomic E-state index is 13.0. The van der Waals surface area contributed by atoms with E-state index in [1.54, 1.807) is 0 Å². The second-order valence-corrected chi connectivity index (χ2v) is 10.3. The van der Waals surface area contributed by atoms with Crippen molar-refractivity contribution in [1.29, 1.82) is 0 Å². The van der Waals surface area contributed by atoms with Gasteiger partial charge in [0, 0.05) is 22.5 Å². The summed E-state index contributed by atoms with van der Waals surface area (Å²) in [5, 5.41) is 4.16. The SMILES string of the molecule is O=C(Nc1nc(-c2cccc(C(F)(F)F)c2)cs1)c1ccc2c(c1)S(=O)(=O)N(C1CC1)C2=O. The van der Waals surface area contributed by atoms with Crippen LogP contribution >= 0.6 is 11.3 Å². The summed E-state index contributed by atoms with van der Waals surface area (Å²) in [6, 6.07) is 8.14. The van der Waals surface area contributed by atoms with Crippen molar-refractivity contribution < 1.29 is 31.2 Å². The van der Waals surface area contributed by atoms with Crippen molar-refractivity contribution in [2.24, 2.45) is 0 Å². The molecule has 5 rings (SSSR count). The second kappa shape index (κ2) is 7.39. The Hall–Kier alpha value is -3.25. The molecule has 0 radical (unpaired) electrons. The van der Waals surface area contributed by atoms with E-state index >= 15 is 0 Å². The number of hydrogen-bond donors (Lipinski definition) is 1. The highest BCUT2D eigenvalue weighted by Gasteiger charge is 2.48. The third kappa shape index (κ3) is 3.78. The maximum Gasteiger partial charge on any atom is 0.416 e. The van der Waals surface area contributed by atoms with Gasteiger partial charge in [-0.15, -0.1) is 11.3 Å². The van der Waals surface area contributed by atoms with Gasteiger partial charge in [-0.3, -0.25) is 14.9 Å². The van der Waals surface area contributed by atoms with Crippen LogP contribution in [-0.2, 0) is 16.2 Å². The minimum absolute atomic E-state index is 0.0126. The van der Waals surface area contributed by atoms with Gasteiger partial charge in [0.15, 0.2) is 5.13 Å². The molecular formula is C21H14F3N3O4S2. The number of carbonyl (C=O) groups excluding carboxylic acids is 2. The summed E-state index contributed by atoms with van der Waals surface area (Å²) in [6.07, 6.45) is -3.26. The zero-order valence-electron chi connectivity index (χ0n) is 16.6. The van der Waals surface area contributed by atoms with Crippen LogP contribution in [0.1, 0.15) is 39.1 Å². The Kier molecular flexibility index (Phi) is 4.83. The van der Waals surface area contributed by atoms with Crippen LogP contribution in [-0.4, -0.2) is 35.6 Å². The van der Waals surface area contributed by atoms with Crippen molar-refractivity contribution in [3.8, 4) is 11.3 Å². The fourth-order valence-electron chi connectivity index (χ4n) is 3.55. The third-order valence-corrected chi connectivity index (χ3v) is 7.93. The number of alkyl halides is 3. The average Bonchev–Trinajstić information content (AvgIpc) is 3.44. The van der Waals surface area contributed by atoms with Crippen LogP contribution < -0.4 is 5.32 Å². The summed E-state index contributed by atoms with van der Waals surface area (Å²) in [7, 11) is -4.01. The van der Waals surface area contributed by atoms with Crippen molar-refractivity contribution in [2.75, 3.05) is 5.32 Å². The normalized spacial score (nSPS) is 17.2. The maximum absolute atomic E-state index is 13.0. The van der Waals surface area contributed by atoms with Crippen molar-refractivity contribution in [1.82, 2.24) is 9.29 Å². The van der Waals surface area contributed by atoms with E-state index < -0.39 is 33.6 Å². The highest BCUT2D eigenvalue weighted by molar-refractivity contribution is 7.90. The zero-order chi connectivity index (χ0) is 23.5. The molecule has 0 atom stereocenters. The molecule has 1 N–H and O–H groups in total. The topological polar surface area (TPSA) is 96.4 Å². The van der Waals surface area contributed by atoms with E-state index in [9.17, 15) is 31.2 Å². The molecule has 2 heterocycles. The fourth-order valence-corrected chi connectivity index (χ4v) is 6.10. The highest BCUT2D eigenvalue weighted by Crippen LogP contribution is 2.40. The number of aromatic nitrogens is 1. The van der Waals surface area contributed by atoms with Gasteiger partial charge in [-0.25, -0.2) is 17.7 Å². The summed E-state index contributed by atoms with van der Waals surface area (Å²) in [6.45, 7) is 0. The molecule has 3 aromatic rings. The van der Waals surface area contributed by atoms with Crippen molar-refractivity contribution >= 4 is 38.3 Å². The number of hydrogen-bond acceptors (Lipinski definition) is 6. The van der Waals surface area contributed by atoms with Gasteiger partial charge in [-0.1, -0.05) is 12.1 Å². The molecule has 1 aromatic heterocycles. The molecule has 0 unspecified atom stereocenters. The fraction of sp³-hybridized carbons (Fsp3) is 0.190. The summed E-state index contributed by atoms with van der Waals surface area (Å²) in [5.74, 6) is -1.25. The molecule has 170 valence electrons. The molecule has 1 fully saturated rings. The lowest BCUT2D eigenvalue weighted by molar-refractivity contribution is -0.137. The molecule has 12 heteroatoms. The smallest absolute Gasteiger partial charge is 0.298 e. The number of fused-ring (bicyclic) bond motifs is 1. The van der Waals surface area contributed by atoms with E-state index in [2.05, 4.69) is 10.3 Å². The molecule has 1 aliphatic heterocycles. The van der Waals surface area contributed by atoms with Crippen LogP contribution in [0.25, 0.3) is 11.3 Å².